The number of aromatic nitrogens is 1. The Morgan fingerprint density at radius 1 is 1.50 bits per heavy atom. The normalized spacial score (nSPS) is 15.0. The van der Waals surface area contributed by atoms with Crippen molar-refractivity contribution in [2.45, 2.75) is 19.3 Å². The van der Waals surface area contributed by atoms with E-state index in [9.17, 15) is 4.79 Å². The molecule has 0 saturated heterocycles. The molecule has 5 heteroatoms. The second-order valence-electron chi connectivity index (χ2n) is 3.96. The minimum Gasteiger partial charge on any atom is -0.350 e. The molecule has 0 aliphatic heterocycles. The van der Waals surface area contributed by atoms with Crippen LogP contribution in [0, 0.1) is 0 Å². The lowest BCUT2D eigenvalue weighted by atomic mass is 10.0. The first-order valence-electron chi connectivity index (χ1n) is 5.45. The van der Waals surface area contributed by atoms with Crippen molar-refractivity contribution in [2.24, 2.45) is 0 Å². The third-order valence-electron chi connectivity index (χ3n) is 2.72. The van der Waals surface area contributed by atoms with Crippen LogP contribution in [0.2, 0.25) is 0 Å². The largest absolute Gasteiger partial charge is 0.350 e. The Bertz CT molecular complexity index is 389. The molecule has 0 amide bonds. The van der Waals surface area contributed by atoms with Crippen LogP contribution in [0.1, 0.15) is 28.2 Å². The van der Waals surface area contributed by atoms with E-state index in [1.165, 1.54) is 4.88 Å². The summed E-state index contributed by atoms with van der Waals surface area (Å²) in [5.41, 5.74) is 0.738. The van der Waals surface area contributed by atoms with Crippen molar-refractivity contribution in [3.8, 4) is 0 Å². The highest BCUT2D eigenvalue weighted by atomic mass is 32.2. The molecule has 0 atom stereocenters. The molecule has 1 aliphatic carbocycles. The number of Topliss-reactive ketones (excluding diaryl/α,β-unsaturated/α-hetero) is 1. The van der Waals surface area contributed by atoms with E-state index in [1.807, 2.05) is 18.8 Å². The zero-order valence-electron chi connectivity index (χ0n) is 9.65. The maximum absolute atomic E-state index is 11.7. The molecular formula is C11H16N2OS2. The van der Waals surface area contributed by atoms with Crippen LogP contribution in [0.5, 0.6) is 0 Å². The molecule has 0 N–H and O–H groups in total. The Balaban J connectivity index is 2.14. The van der Waals surface area contributed by atoms with Crippen LogP contribution in [0.25, 0.3) is 0 Å². The first-order valence-corrected chi connectivity index (χ1v) is 7.66. The summed E-state index contributed by atoms with van der Waals surface area (Å²) in [6.07, 6.45) is 4.78. The average Bonchev–Trinajstić information content (AvgIpc) is 2.71. The third kappa shape index (κ3) is 2.40. The molecule has 1 aliphatic rings. The van der Waals surface area contributed by atoms with Gasteiger partial charge in [-0.05, 0) is 19.1 Å². The Hall–Kier alpha value is -0.550. The van der Waals surface area contributed by atoms with E-state index >= 15 is 0 Å². The average molecular weight is 256 g/mol. The number of thiazole rings is 1. The van der Waals surface area contributed by atoms with Crippen LogP contribution in [0.3, 0.4) is 0 Å². The highest BCUT2D eigenvalue weighted by Crippen LogP contribution is 2.31. The van der Waals surface area contributed by atoms with Crippen molar-refractivity contribution in [3.05, 3.63) is 10.6 Å². The molecule has 0 spiro atoms. The number of carbonyl (C=O) groups is 1. The molecule has 2 rings (SSSR count). The lowest BCUT2D eigenvalue weighted by Gasteiger charge is -2.14. The van der Waals surface area contributed by atoms with Crippen LogP contribution in [0.15, 0.2) is 0 Å². The van der Waals surface area contributed by atoms with Crippen LogP contribution in [-0.4, -0.2) is 36.4 Å². The fourth-order valence-electron chi connectivity index (χ4n) is 1.74. The maximum atomic E-state index is 11.7. The Labute approximate surface area is 104 Å². The lowest BCUT2D eigenvalue weighted by Crippen LogP contribution is -2.20. The summed E-state index contributed by atoms with van der Waals surface area (Å²) in [6, 6.07) is 0. The van der Waals surface area contributed by atoms with Gasteiger partial charge < -0.3 is 4.90 Å². The van der Waals surface area contributed by atoms with Gasteiger partial charge in [-0.2, -0.15) is 11.8 Å². The maximum Gasteiger partial charge on any atom is 0.186 e. The second kappa shape index (κ2) is 5.19. The van der Waals surface area contributed by atoms with Crippen LogP contribution in [0.4, 0.5) is 5.13 Å². The van der Waals surface area contributed by atoms with Gasteiger partial charge in [-0.25, -0.2) is 4.98 Å². The van der Waals surface area contributed by atoms with Gasteiger partial charge in [0.15, 0.2) is 10.9 Å². The van der Waals surface area contributed by atoms with E-state index in [-0.39, 0.29) is 5.78 Å². The zero-order valence-corrected chi connectivity index (χ0v) is 11.3. The third-order valence-corrected chi connectivity index (χ3v) is 4.54. The number of rotatable bonds is 4. The quantitative estimate of drug-likeness (QED) is 0.828. The smallest absolute Gasteiger partial charge is 0.186 e. The topological polar surface area (TPSA) is 33.2 Å². The van der Waals surface area contributed by atoms with Gasteiger partial charge in [-0.15, -0.1) is 11.3 Å². The molecule has 0 unspecified atom stereocenters. The molecule has 1 aromatic rings. The van der Waals surface area contributed by atoms with Gasteiger partial charge in [0.1, 0.15) is 5.69 Å². The number of anilines is 1. The van der Waals surface area contributed by atoms with Gasteiger partial charge in [0.25, 0.3) is 0 Å². The van der Waals surface area contributed by atoms with E-state index in [2.05, 4.69) is 16.1 Å². The summed E-state index contributed by atoms with van der Waals surface area (Å²) in [5.74, 6) is 1.32. The summed E-state index contributed by atoms with van der Waals surface area (Å²) in [6.45, 7) is 0.988. The van der Waals surface area contributed by atoms with Crippen molar-refractivity contribution in [2.75, 3.05) is 30.5 Å². The number of carbonyl (C=O) groups excluding carboxylic acids is 1. The number of nitrogens with zero attached hydrogens (tertiary/aromatic N) is 2. The van der Waals surface area contributed by atoms with Gasteiger partial charge >= 0.3 is 0 Å². The molecular weight excluding hydrogens is 240 g/mol. The molecule has 0 saturated carbocycles. The van der Waals surface area contributed by atoms with E-state index in [1.54, 1.807) is 11.3 Å². The zero-order chi connectivity index (χ0) is 11.5. The summed E-state index contributed by atoms with van der Waals surface area (Å²) >= 11 is 3.51. The highest BCUT2D eigenvalue weighted by Gasteiger charge is 2.23. The molecule has 0 bridgehead atoms. The van der Waals surface area contributed by atoms with Gasteiger partial charge in [0.05, 0.1) is 0 Å². The minimum absolute atomic E-state index is 0.224. The van der Waals surface area contributed by atoms with E-state index in [0.717, 1.165) is 36.0 Å². The number of aryl methyl sites for hydroxylation is 1. The Morgan fingerprint density at radius 2 is 2.31 bits per heavy atom. The van der Waals surface area contributed by atoms with Gasteiger partial charge in [0.2, 0.25) is 0 Å². The van der Waals surface area contributed by atoms with Gasteiger partial charge in [-0.1, -0.05) is 0 Å². The second-order valence-corrected chi connectivity index (χ2v) is 6.01. The van der Waals surface area contributed by atoms with Crippen molar-refractivity contribution in [3.63, 3.8) is 0 Å². The number of fused-ring (bicyclic) bond motifs is 1. The number of thioether (sulfide) groups is 1. The molecule has 0 fully saturated rings. The fraction of sp³-hybridized carbons (Fsp3) is 0.636. The summed E-state index contributed by atoms with van der Waals surface area (Å²) in [5, 5.41) is 0.995. The van der Waals surface area contributed by atoms with Crippen LogP contribution >= 0.6 is 23.1 Å². The van der Waals surface area contributed by atoms with E-state index in [4.69, 9.17) is 0 Å². The summed E-state index contributed by atoms with van der Waals surface area (Å²) < 4.78 is 0. The molecule has 1 heterocycles. The SMILES string of the molecule is CSCCN(C)c1nc2c(s1)CCCC2=O. The van der Waals surface area contributed by atoms with Crippen molar-refractivity contribution in [1.29, 1.82) is 0 Å². The molecule has 1 aromatic heterocycles. The number of hydrogen-bond donors (Lipinski definition) is 0. The van der Waals surface area contributed by atoms with Crippen LogP contribution < -0.4 is 4.90 Å². The van der Waals surface area contributed by atoms with Crippen molar-refractivity contribution in [1.82, 2.24) is 4.98 Å². The van der Waals surface area contributed by atoms with E-state index in [0.29, 0.717) is 6.42 Å². The van der Waals surface area contributed by atoms with Crippen molar-refractivity contribution >= 4 is 34.0 Å². The van der Waals surface area contributed by atoms with E-state index < -0.39 is 0 Å². The Morgan fingerprint density at radius 3 is 3.00 bits per heavy atom. The first-order chi connectivity index (χ1) is 7.72. The summed E-state index contributed by atoms with van der Waals surface area (Å²) in [4.78, 5) is 19.5. The Kier molecular flexibility index (Phi) is 3.86. The first kappa shape index (κ1) is 11.9. The standard InChI is InChI=1S/C11H16N2OS2/c1-13(6-7-15-2)11-12-10-8(14)4-3-5-9(10)16-11/h3-7H2,1-2H3. The minimum atomic E-state index is 0.224. The number of hydrogen-bond acceptors (Lipinski definition) is 5. The van der Waals surface area contributed by atoms with Crippen LogP contribution in [-0.2, 0) is 6.42 Å². The number of ketones is 1. The highest BCUT2D eigenvalue weighted by molar-refractivity contribution is 7.98. The predicted molar refractivity (Wildman–Crippen MR) is 71.0 cm³/mol. The molecule has 0 aromatic carbocycles. The monoisotopic (exact) mass is 256 g/mol. The predicted octanol–water partition coefficient (Wildman–Crippen LogP) is 2.46. The van der Waals surface area contributed by atoms with Crippen molar-refractivity contribution < 1.29 is 4.79 Å². The molecule has 16 heavy (non-hydrogen) atoms. The fourth-order valence-corrected chi connectivity index (χ4v) is 3.31. The summed E-state index contributed by atoms with van der Waals surface area (Å²) in [7, 11) is 2.05. The molecule has 3 nitrogen and oxygen atoms in total. The van der Waals surface area contributed by atoms with Gasteiger partial charge in [0, 0.05) is 30.6 Å². The molecule has 0 radical (unpaired) electrons. The van der Waals surface area contributed by atoms with Gasteiger partial charge in [-0.3, -0.25) is 4.79 Å². The lowest BCUT2D eigenvalue weighted by molar-refractivity contribution is 0.0968. The molecule has 88 valence electrons.